The molecule has 0 spiro atoms. The number of likely N-dealkylation sites (N-methyl/N-ethyl adjacent to an activating group) is 1. The minimum absolute atomic E-state index is 0.112. The first kappa shape index (κ1) is 13.8. The van der Waals surface area contributed by atoms with Gasteiger partial charge in [-0.2, -0.15) is 0 Å². The fraction of sp³-hybridized carbons (Fsp3) is 0.667. The summed E-state index contributed by atoms with van der Waals surface area (Å²) in [6.07, 6.45) is 1.81. The van der Waals surface area contributed by atoms with Gasteiger partial charge in [0.1, 0.15) is 0 Å². The van der Waals surface area contributed by atoms with Gasteiger partial charge < -0.3 is 14.2 Å². The average Bonchev–Trinajstić information content (AvgIpc) is 2.65. The summed E-state index contributed by atoms with van der Waals surface area (Å²) in [7, 11) is 3.99. The Kier molecular flexibility index (Phi) is 3.92. The standard InChI is InChI=1S/C15H23N3O2/c1-16-6-12-7-18(14(9-16)11-20-10-12)8-13-4-3-5-17(2)15(13)19/h3-5,12,14H,6-11H2,1-2H3/t12-,14-/m0/s1. The molecule has 2 bridgehead atoms. The highest BCUT2D eigenvalue weighted by molar-refractivity contribution is 5.10. The lowest BCUT2D eigenvalue weighted by atomic mass is 10.1. The number of nitrogens with zero attached hydrogens (tertiary/aromatic N) is 3. The molecule has 5 heteroatoms. The maximum Gasteiger partial charge on any atom is 0.254 e. The van der Waals surface area contributed by atoms with Crippen LogP contribution in [0.1, 0.15) is 5.56 Å². The molecule has 20 heavy (non-hydrogen) atoms. The molecule has 1 aromatic rings. The molecule has 0 aromatic carbocycles. The third-order valence-electron chi connectivity index (χ3n) is 4.34. The molecule has 2 aliphatic rings. The van der Waals surface area contributed by atoms with Crippen molar-refractivity contribution in [3.63, 3.8) is 0 Å². The summed E-state index contributed by atoms with van der Waals surface area (Å²) in [6.45, 7) is 5.46. The topological polar surface area (TPSA) is 37.7 Å². The zero-order chi connectivity index (χ0) is 14.1. The van der Waals surface area contributed by atoms with Gasteiger partial charge in [-0.15, -0.1) is 0 Å². The van der Waals surface area contributed by atoms with Gasteiger partial charge in [-0.05, 0) is 13.1 Å². The molecule has 0 N–H and O–H groups in total. The Hall–Kier alpha value is -1.17. The van der Waals surface area contributed by atoms with Crippen LogP contribution >= 0.6 is 0 Å². The number of pyridine rings is 1. The van der Waals surface area contributed by atoms with E-state index < -0.39 is 0 Å². The number of hydrogen-bond acceptors (Lipinski definition) is 4. The zero-order valence-electron chi connectivity index (χ0n) is 12.3. The first-order valence-corrected chi connectivity index (χ1v) is 7.28. The van der Waals surface area contributed by atoms with Gasteiger partial charge in [0.2, 0.25) is 0 Å². The molecule has 0 unspecified atom stereocenters. The van der Waals surface area contributed by atoms with Gasteiger partial charge >= 0.3 is 0 Å². The van der Waals surface area contributed by atoms with E-state index in [4.69, 9.17) is 4.74 Å². The zero-order valence-corrected chi connectivity index (χ0v) is 12.3. The summed E-state index contributed by atoms with van der Waals surface area (Å²) in [6, 6.07) is 4.28. The van der Waals surface area contributed by atoms with E-state index in [9.17, 15) is 4.79 Å². The monoisotopic (exact) mass is 277 g/mol. The minimum atomic E-state index is 0.112. The molecule has 2 atom stereocenters. The molecule has 0 aliphatic carbocycles. The van der Waals surface area contributed by atoms with Crippen LogP contribution in [-0.2, 0) is 18.3 Å². The average molecular weight is 277 g/mol. The van der Waals surface area contributed by atoms with Crippen LogP contribution < -0.4 is 5.56 Å². The van der Waals surface area contributed by atoms with Crippen LogP contribution in [0.3, 0.4) is 0 Å². The van der Waals surface area contributed by atoms with Gasteiger partial charge in [-0.1, -0.05) is 6.07 Å². The van der Waals surface area contributed by atoms with Crippen molar-refractivity contribution in [1.82, 2.24) is 14.4 Å². The Balaban J connectivity index is 1.82. The highest BCUT2D eigenvalue weighted by Gasteiger charge is 2.32. The van der Waals surface area contributed by atoms with Crippen LogP contribution in [0.15, 0.2) is 23.1 Å². The first-order chi connectivity index (χ1) is 9.63. The highest BCUT2D eigenvalue weighted by Crippen LogP contribution is 2.20. The molecule has 0 amide bonds. The number of aromatic nitrogens is 1. The lowest BCUT2D eigenvalue weighted by molar-refractivity contribution is 0.0561. The second-order valence-corrected chi connectivity index (χ2v) is 6.16. The number of ether oxygens (including phenoxy) is 1. The van der Waals surface area contributed by atoms with E-state index in [0.29, 0.717) is 12.0 Å². The van der Waals surface area contributed by atoms with E-state index in [2.05, 4.69) is 16.8 Å². The molecule has 2 aliphatic heterocycles. The number of fused-ring (bicyclic) bond motifs is 3. The van der Waals surface area contributed by atoms with E-state index in [1.165, 1.54) is 0 Å². The molecule has 3 heterocycles. The van der Waals surface area contributed by atoms with Crippen LogP contribution in [0.4, 0.5) is 0 Å². The SMILES string of the molecule is CN1C[C@@H]2COC[C@H](C1)N(Cc1cccn(C)c1=O)C2. The summed E-state index contributed by atoms with van der Waals surface area (Å²) in [5, 5.41) is 0. The van der Waals surface area contributed by atoms with Crippen LogP contribution in [0, 0.1) is 5.92 Å². The second-order valence-electron chi connectivity index (χ2n) is 6.16. The van der Waals surface area contributed by atoms with Crippen molar-refractivity contribution in [3.8, 4) is 0 Å². The third-order valence-corrected chi connectivity index (χ3v) is 4.34. The maximum atomic E-state index is 12.2. The molecular formula is C15H23N3O2. The Morgan fingerprint density at radius 1 is 1.25 bits per heavy atom. The van der Waals surface area contributed by atoms with Crippen molar-refractivity contribution in [2.45, 2.75) is 12.6 Å². The van der Waals surface area contributed by atoms with Gasteiger partial charge in [0.25, 0.3) is 5.56 Å². The van der Waals surface area contributed by atoms with Crippen molar-refractivity contribution >= 4 is 0 Å². The van der Waals surface area contributed by atoms with Gasteiger partial charge in [-0.25, -0.2) is 0 Å². The van der Waals surface area contributed by atoms with Gasteiger partial charge in [0.15, 0.2) is 0 Å². The molecule has 0 saturated carbocycles. The second kappa shape index (κ2) is 5.68. The number of hydrogen-bond donors (Lipinski definition) is 0. The largest absolute Gasteiger partial charge is 0.379 e. The molecular weight excluding hydrogens is 254 g/mol. The van der Waals surface area contributed by atoms with Crippen molar-refractivity contribution in [2.24, 2.45) is 13.0 Å². The molecule has 2 fully saturated rings. The van der Waals surface area contributed by atoms with Gasteiger partial charge in [0.05, 0.1) is 13.2 Å². The normalized spacial score (nSPS) is 28.3. The van der Waals surface area contributed by atoms with Crippen LogP contribution in [0.5, 0.6) is 0 Å². The van der Waals surface area contributed by atoms with Crippen LogP contribution in [0.25, 0.3) is 0 Å². The summed E-state index contributed by atoms with van der Waals surface area (Å²) < 4.78 is 7.43. The van der Waals surface area contributed by atoms with Crippen LogP contribution in [-0.4, -0.2) is 60.3 Å². The summed E-state index contributed by atoms with van der Waals surface area (Å²) in [5.41, 5.74) is 0.991. The van der Waals surface area contributed by atoms with Crippen molar-refractivity contribution in [1.29, 1.82) is 0 Å². The quantitative estimate of drug-likeness (QED) is 0.771. The first-order valence-electron chi connectivity index (χ1n) is 7.28. The van der Waals surface area contributed by atoms with E-state index in [0.717, 1.165) is 45.0 Å². The van der Waals surface area contributed by atoms with E-state index in [1.54, 1.807) is 4.57 Å². The van der Waals surface area contributed by atoms with E-state index >= 15 is 0 Å². The smallest absolute Gasteiger partial charge is 0.254 e. The van der Waals surface area contributed by atoms with E-state index in [1.807, 2.05) is 25.4 Å². The Morgan fingerprint density at radius 3 is 2.95 bits per heavy atom. The van der Waals surface area contributed by atoms with Crippen LogP contribution in [0.2, 0.25) is 0 Å². The predicted molar refractivity (Wildman–Crippen MR) is 77.7 cm³/mol. The third kappa shape index (κ3) is 2.80. The summed E-state index contributed by atoms with van der Waals surface area (Å²) >= 11 is 0. The van der Waals surface area contributed by atoms with Crippen molar-refractivity contribution < 1.29 is 4.74 Å². The van der Waals surface area contributed by atoms with Gasteiger partial charge in [-0.3, -0.25) is 9.69 Å². The molecule has 5 nitrogen and oxygen atoms in total. The predicted octanol–water partition coefficient (Wildman–Crippen LogP) is 0.148. The molecule has 2 saturated heterocycles. The summed E-state index contributed by atoms with van der Waals surface area (Å²) in [4.78, 5) is 17.0. The van der Waals surface area contributed by atoms with Gasteiger partial charge in [0, 0.05) is 56.9 Å². The Bertz CT molecular complexity index is 528. The Morgan fingerprint density at radius 2 is 2.10 bits per heavy atom. The van der Waals surface area contributed by atoms with E-state index in [-0.39, 0.29) is 5.56 Å². The minimum Gasteiger partial charge on any atom is -0.379 e. The lowest BCUT2D eigenvalue weighted by Gasteiger charge is -2.29. The highest BCUT2D eigenvalue weighted by atomic mass is 16.5. The molecule has 110 valence electrons. The lowest BCUT2D eigenvalue weighted by Crippen LogP contribution is -2.43. The number of rotatable bonds is 2. The van der Waals surface area contributed by atoms with Crippen molar-refractivity contribution in [2.75, 3.05) is 39.9 Å². The molecule has 3 rings (SSSR count). The maximum absolute atomic E-state index is 12.2. The van der Waals surface area contributed by atoms with Crippen molar-refractivity contribution in [3.05, 3.63) is 34.2 Å². The fourth-order valence-electron chi connectivity index (χ4n) is 3.35. The number of aryl methyl sites for hydroxylation is 1. The summed E-state index contributed by atoms with van der Waals surface area (Å²) in [5.74, 6) is 0.542. The Labute approximate surface area is 119 Å². The fourth-order valence-corrected chi connectivity index (χ4v) is 3.35. The molecule has 1 aromatic heterocycles. The molecule has 0 radical (unpaired) electrons.